The highest BCUT2D eigenvalue weighted by Gasteiger charge is 2.37. The van der Waals surface area contributed by atoms with Crippen molar-refractivity contribution < 1.29 is 14.7 Å². The summed E-state index contributed by atoms with van der Waals surface area (Å²) in [5.41, 5.74) is 6.27. The van der Waals surface area contributed by atoms with Crippen LogP contribution >= 0.6 is 0 Å². The van der Waals surface area contributed by atoms with Crippen LogP contribution in [0.5, 0.6) is 5.75 Å². The Morgan fingerprint density at radius 3 is 2.85 bits per heavy atom. The number of nitrogens with zero attached hydrogens (tertiary/aromatic N) is 1. The second-order valence-electron chi connectivity index (χ2n) is 5.36. The van der Waals surface area contributed by atoms with Crippen molar-refractivity contribution >= 4 is 11.7 Å². The van der Waals surface area contributed by atoms with Crippen molar-refractivity contribution in [1.82, 2.24) is 5.32 Å². The zero-order chi connectivity index (χ0) is 14.6. The summed E-state index contributed by atoms with van der Waals surface area (Å²) >= 11 is 0. The summed E-state index contributed by atoms with van der Waals surface area (Å²) in [6.45, 7) is 2.73. The Bertz CT molecular complexity index is 524. The van der Waals surface area contributed by atoms with Gasteiger partial charge in [0.1, 0.15) is 5.75 Å². The lowest BCUT2D eigenvalue weighted by molar-refractivity contribution is -0.123. The number of benzene rings is 1. The Balaban J connectivity index is 1.88. The van der Waals surface area contributed by atoms with Crippen LogP contribution in [-0.2, 0) is 4.79 Å². The molecule has 0 aliphatic heterocycles. The van der Waals surface area contributed by atoms with E-state index in [-0.39, 0.29) is 23.8 Å². The van der Waals surface area contributed by atoms with Gasteiger partial charge in [-0.1, -0.05) is 24.2 Å². The molecule has 1 aromatic carbocycles. The third kappa shape index (κ3) is 3.63. The van der Waals surface area contributed by atoms with E-state index in [9.17, 15) is 4.79 Å². The minimum atomic E-state index is -0.174. The fraction of sp³-hybridized carbons (Fsp3) is 0.429. The fourth-order valence-corrected chi connectivity index (χ4v) is 1.75. The number of carbonyl (C=O) groups is 1. The number of para-hydroxylation sites is 1. The maximum atomic E-state index is 11.7. The predicted octanol–water partition coefficient (Wildman–Crippen LogP) is 1.08. The molecule has 0 bridgehead atoms. The Kier molecular flexibility index (Phi) is 4.12. The summed E-state index contributed by atoms with van der Waals surface area (Å²) in [5, 5.41) is 14.5. The summed E-state index contributed by atoms with van der Waals surface area (Å²) in [6.07, 6.45) is 2.31. The van der Waals surface area contributed by atoms with E-state index in [0.717, 1.165) is 12.8 Å². The number of hydrogen-bond donors (Lipinski definition) is 3. The molecule has 1 aliphatic carbocycles. The quantitative estimate of drug-likeness (QED) is 0.314. The first-order valence-corrected chi connectivity index (χ1v) is 6.50. The molecule has 0 heterocycles. The first-order valence-electron chi connectivity index (χ1n) is 6.50. The second-order valence-corrected chi connectivity index (χ2v) is 5.36. The van der Waals surface area contributed by atoms with Crippen LogP contribution in [-0.4, -0.2) is 30.1 Å². The van der Waals surface area contributed by atoms with Gasteiger partial charge < -0.3 is 21.0 Å². The van der Waals surface area contributed by atoms with Crippen molar-refractivity contribution in [3.63, 3.8) is 0 Å². The molecule has 6 heteroatoms. The molecule has 1 aliphatic rings. The maximum Gasteiger partial charge on any atom is 0.257 e. The normalized spacial score (nSPS) is 16.6. The number of nitrogens with two attached hydrogens (primary N) is 1. The summed E-state index contributed by atoms with van der Waals surface area (Å²) < 4.78 is 5.42. The smallest absolute Gasteiger partial charge is 0.257 e. The van der Waals surface area contributed by atoms with E-state index in [0.29, 0.717) is 17.9 Å². The predicted molar refractivity (Wildman–Crippen MR) is 74.8 cm³/mol. The van der Waals surface area contributed by atoms with E-state index in [2.05, 4.69) is 17.4 Å². The summed E-state index contributed by atoms with van der Waals surface area (Å²) in [6, 6.07) is 6.83. The topological polar surface area (TPSA) is 96.9 Å². The minimum absolute atomic E-state index is 0.0495. The molecule has 2 rings (SSSR count). The van der Waals surface area contributed by atoms with Gasteiger partial charge in [-0.05, 0) is 30.4 Å². The van der Waals surface area contributed by atoms with Crippen LogP contribution in [0.3, 0.4) is 0 Å². The van der Waals surface area contributed by atoms with Crippen LogP contribution in [0.4, 0.5) is 0 Å². The molecule has 1 fully saturated rings. The number of nitrogens with one attached hydrogen (secondary N) is 1. The molecule has 0 atom stereocenters. The number of oxime groups is 1. The monoisotopic (exact) mass is 277 g/mol. The molecule has 4 N–H and O–H groups in total. The van der Waals surface area contributed by atoms with Gasteiger partial charge in [-0.3, -0.25) is 4.79 Å². The maximum absolute atomic E-state index is 11.7. The van der Waals surface area contributed by atoms with Crippen molar-refractivity contribution in [2.45, 2.75) is 19.8 Å². The highest BCUT2D eigenvalue weighted by Crippen LogP contribution is 2.43. The molecular weight excluding hydrogens is 258 g/mol. The molecule has 20 heavy (non-hydrogen) atoms. The summed E-state index contributed by atoms with van der Waals surface area (Å²) in [4.78, 5) is 11.7. The van der Waals surface area contributed by atoms with Crippen molar-refractivity contribution in [1.29, 1.82) is 0 Å². The lowest BCUT2D eigenvalue weighted by Crippen LogP contribution is -2.33. The van der Waals surface area contributed by atoms with Crippen molar-refractivity contribution in [3.05, 3.63) is 29.8 Å². The number of amidine groups is 1. The molecular formula is C14H19N3O3. The molecule has 0 radical (unpaired) electrons. The van der Waals surface area contributed by atoms with Gasteiger partial charge in [-0.25, -0.2) is 0 Å². The van der Waals surface area contributed by atoms with Gasteiger partial charge in [0.25, 0.3) is 5.91 Å². The lowest BCUT2D eigenvalue weighted by Gasteiger charge is -2.12. The van der Waals surface area contributed by atoms with E-state index in [1.54, 1.807) is 24.3 Å². The van der Waals surface area contributed by atoms with Gasteiger partial charge in [-0.2, -0.15) is 0 Å². The highest BCUT2D eigenvalue weighted by atomic mass is 16.5. The molecule has 0 unspecified atom stereocenters. The van der Waals surface area contributed by atoms with E-state index >= 15 is 0 Å². The van der Waals surface area contributed by atoms with Crippen LogP contribution < -0.4 is 15.8 Å². The largest absolute Gasteiger partial charge is 0.483 e. The Morgan fingerprint density at radius 2 is 2.20 bits per heavy atom. The highest BCUT2D eigenvalue weighted by molar-refractivity contribution is 5.99. The molecule has 1 aromatic rings. The third-order valence-corrected chi connectivity index (χ3v) is 3.45. The van der Waals surface area contributed by atoms with Crippen LogP contribution in [0, 0.1) is 5.41 Å². The van der Waals surface area contributed by atoms with Gasteiger partial charge in [0.2, 0.25) is 0 Å². The zero-order valence-electron chi connectivity index (χ0n) is 11.4. The van der Waals surface area contributed by atoms with Crippen LogP contribution in [0.25, 0.3) is 0 Å². The number of ether oxygens (including phenoxy) is 1. The molecule has 1 saturated carbocycles. The van der Waals surface area contributed by atoms with Gasteiger partial charge in [-0.15, -0.1) is 0 Å². The molecule has 0 spiro atoms. The molecule has 1 amide bonds. The van der Waals surface area contributed by atoms with E-state index in [1.165, 1.54) is 0 Å². The average molecular weight is 277 g/mol. The van der Waals surface area contributed by atoms with Crippen LogP contribution in [0.1, 0.15) is 25.3 Å². The van der Waals surface area contributed by atoms with Crippen molar-refractivity contribution in [2.24, 2.45) is 16.3 Å². The van der Waals surface area contributed by atoms with Gasteiger partial charge in [0.05, 0.1) is 5.56 Å². The molecule has 108 valence electrons. The molecule has 6 nitrogen and oxygen atoms in total. The number of hydrogen-bond acceptors (Lipinski definition) is 4. The van der Waals surface area contributed by atoms with E-state index < -0.39 is 0 Å². The molecule has 0 aromatic heterocycles. The van der Waals surface area contributed by atoms with Gasteiger partial charge >= 0.3 is 0 Å². The van der Waals surface area contributed by atoms with Crippen LogP contribution in [0.2, 0.25) is 0 Å². The average Bonchev–Trinajstić information content (AvgIpc) is 3.20. The minimum Gasteiger partial charge on any atom is -0.483 e. The van der Waals surface area contributed by atoms with Crippen molar-refractivity contribution in [2.75, 3.05) is 13.2 Å². The first kappa shape index (κ1) is 14.2. The van der Waals surface area contributed by atoms with Gasteiger partial charge in [0.15, 0.2) is 12.4 Å². The fourth-order valence-electron chi connectivity index (χ4n) is 1.75. The standard InChI is InChI=1S/C14H19N3O3/c1-14(6-7-14)9-16-12(18)8-20-11-5-3-2-4-10(11)13(15)17-19/h2-5,19H,6-9H2,1H3,(H2,15,17)(H,16,18). The SMILES string of the molecule is CC1(CNC(=O)COc2ccccc2/C(N)=N/O)CC1. The number of carbonyl (C=O) groups excluding carboxylic acids is 1. The Morgan fingerprint density at radius 1 is 1.50 bits per heavy atom. The van der Waals surface area contributed by atoms with Gasteiger partial charge in [0, 0.05) is 6.54 Å². The van der Waals surface area contributed by atoms with Crippen LogP contribution in [0.15, 0.2) is 29.4 Å². The summed E-state index contributed by atoms with van der Waals surface area (Å²) in [7, 11) is 0. The molecule has 0 saturated heterocycles. The van der Waals surface area contributed by atoms with E-state index in [4.69, 9.17) is 15.7 Å². The van der Waals surface area contributed by atoms with E-state index in [1.807, 2.05) is 0 Å². The Labute approximate surface area is 117 Å². The van der Waals surface area contributed by atoms with Crippen molar-refractivity contribution in [3.8, 4) is 5.75 Å². The number of amides is 1. The third-order valence-electron chi connectivity index (χ3n) is 3.45. The summed E-state index contributed by atoms with van der Waals surface area (Å²) in [5.74, 6) is 0.189. The lowest BCUT2D eigenvalue weighted by atomic mass is 10.1. The first-order chi connectivity index (χ1) is 9.54. The Hall–Kier alpha value is -2.24. The number of rotatable bonds is 6. The zero-order valence-corrected chi connectivity index (χ0v) is 11.4. The second kappa shape index (κ2) is 5.81.